The zero-order valence-corrected chi connectivity index (χ0v) is 34.7. The molecule has 7 atom stereocenters. The molecular formula is C42H57N5O9S. The summed E-state index contributed by atoms with van der Waals surface area (Å²) in [5.74, 6) is -1.06. The summed E-state index contributed by atoms with van der Waals surface area (Å²) >= 11 is 0. The fourth-order valence-electron chi connectivity index (χ4n) is 9.28. The van der Waals surface area contributed by atoms with Gasteiger partial charge in [-0.25, -0.2) is 18.2 Å². The van der Waals surface area contributed by atoms with E-state index in [1.807, 2.05) is 51.1 Å². The molecule has 2 aromatic rings. The summed E-state index contributed by atoms with van der Waals surface area (Å²) in [6.45, 7) is 9.11. The number of nitrogens with one attached hydrogen (secondary N) is 2. The third-order valence-electron chi connectivity index (χ3n) is 13.6. The second kappa shape index (κ2) is 15.1. The molecule has 0 bridgehead atoms. The second-order valence-corrected chi connectivity index (χ2v) is 19.3. The van der Waals surface area contributed by atoms with Crippen molar-refractivity contribution in [2.75, 3.05) is 7.11 Å². The zero-order valence-electron chi connectivity index (χ0n) is 33.9. The van der Waals surface area contributed by atoms with Gasteiger partial charge in [-0.2, -0.15) is 0 Å². The van der Waals surface area contributed by atoms with Crippen molar-refractivity contribution in [1.29, 1.82) is 0 Å². The Hall–Kier alpha value is -4.40. The molecule has 310 valence electrons. The molecule has 0 radical (unpaired) electrons. The van der Waals surface area contributed by atoms with Crippen LogP contribution in [-0.2, 0) is 37.2 Å². The molecule has 5 aliphatic rings. The van der Waals surface area contributed by atoms with E-state index in [1.54, 1.807) is 21.0 Å². The number of hydrogen-bond donors (Lipinski definition) is 3. The molecule has 7 rings (SSSR count). The minimum atomic E-state index is -4.01. The van der Waals surface area contributed by atoms with Crippen molar-refractivity contribution in [1.82, 2.24) is 24.8 Å². The summed E-state index contributed by atoms with van der Waals surface area (Å²) < 4.78 is 40.5. The maximum absolute atomic E-state index is 15.2. The molecule has 4 heterocycles. The Bertz CT molecular complexity index is 2100. The van der Waals surface area contributed by atoms with Crippen LogP contribution in [0.15, 0.2) is 30.4 Å². The third kappa shape index (κ3) is 7.11. The lowest BCUT2D eigenvalue weighted by molar-refractivity contribution is -0.146. The number of aromatic nitrogens is 1. The van der Waals surface area contributed by atoms with Crippen molar-refractivity contribution in [3.8, 4) is 11.5 Å². The van der Waals surface area contributed by atoms with Gasteiger partial charge in [-0.15, -0.1) is 0 Å². The Kier molecular flexibility index (Phi) is 10.8. The highest BCUT2D eigenvalue weighted by Crippen LogP contribution is 2.51. The number of nitrogens with zero attached hydrogens (tertiary/aromatic N) is 3. The molecule has 2 saturated carbocycles. The molecule has 3 aliphatic heterocycles. The fourth-order valence-corrected chi connectivity index (χ4v) is 10.6. The van der Waals surface area contributed by atoms with Crippen molar-refractivity contribution in [2.45, 2.75) is 158 Å². The lowest BCUT2D eigenvalue weighted by atomic mass is 9.83. The number of fused-ring (bicyclic) bond motifs is 5. The molecule has 2 unspecified atom stereocenters. The Morgan fingerprint density at radius 1 is 1.16 bits per heavy atom. The Balaban J connectivity index is 1.31. The quantitative estimate of drug-likeness (QED) is 0.292. The van der Waals surface area contributed by atoms with Crippen molar-refractivity contribution in [3.63, 3.8) is 0 Å². The van der Waals surface area contributed by atoms with Crippen LogP contribution in [0.4, 0.5) is 4.79 Å². The maximum Gasteiger partial charge on any atom is 0.408 e. The zero-order chi connectivity index (χ0) is 41.1. The van der Waals surface area contributed by atoms with E-state index in [1.165, 1.54) is 9.80 Å². The van der Waals surface area contributed by atoms with Crippen molar-refractivity contribution < 1.29 is 42.2 Å². The Morgan fingerprint density at radius 3 is 2.58 bits per heavy atom. The molecule has 2 aliphatic carbocycles. The number of benzene rings is 1. The number of carboxylic acid groups (broad SMARTS) is 1. The van der Waals surface area contributed by atoms with Gasteiger partial charge < -0.3 is 24.8 Å². The first-order chi connectivity index (χ1) is 27.0. The van der Waals surface area contributed by atoms with Gasteiger partial charge in [0, 0.05) is 29.3 Å². The summed E-state index contributed by atoms with van der Waals surface area (Å²) in [6.07, 6.45) is 8.87. The monoisotopic (exact) mass is 807 g/mol. The minimum absolute atomic E-state index is 0.0716. The molecule has 57 heavy (non-hydrogen) atoms. The van der Waals surface area contributed by atoms with Crippen LogP contribution in [0, 0.1) is 5.92 Å². The molecule has 1 spiro atoms. The van der Waals surface area contributed by atoms with E-state index in [0.717, 1.165) is 35.0 Å². The average molecular weight is 808 g/mol. The van der Waals surface area contributed by atoms with Gasteiger partial charge in [0.15, 0.2) is 0 Å². The van der Waals surface area contributed by atoms with Gasteiger partial charge in [0.25, 0.3) is 5.91 Å². The number of amides is 4. The first-order valence-electron chi connectivity index (χ1n) is 20.6. The predicted molar refractivity (Wildman–Crippen MR) is 213 cm³/mol. The Labute approximate surface area is 335 Å². The van der Waals surface area contributed by atoms with Gasteiger partial charge in [-0.05, 0) is 103 Å². The summed E-state index contributed by atoms with van der Waals surface area (Å²) in [7, 11) is -2.41. The van der Waals surface area contributed by atoms with Crippen molar-refractivity contribution in [3.05, 3.63) is 41.6 Å². The predicted octanol–water partition coefficient (Wildman–Crippen LogP) is 5.40. The number of aryl methyl sites for hydroxylation is 2. The number of rotatable bonds is 8. The number of ether oxygens (including phenoxy) is 2. The van der Waals surface area contributed by atoms with Crippen LogP contribution in [0.1, 0.15) is 117 Å². The standard InChI is InChI=1S/C42H57N5O9S/c1-7-25(3)46(39(51)52)33-15-13-11-9-10-12-14-27-23-42(27,38(50)45-57(53,54)40(5)20-21-40)44-36(48)34-24-41(26(4)47(34)37(33)49)19-18-29-30-22-28(55-6)16-17-32(30)43-31(8-2)35(29)56-41/h12,14,16-17,22,25-27,33-34H,7-11,13,15,18-21,23-24H2,1-6H3,(H,44,48)(H,45,50)(H,51,52)/b14-12-/t25?,26?,27-,33+,34+,41-,42-/m1/s1. The summed E-state index contributed by atoms with van der Waals surface area (Å²) in [6, 6.07) is 2.34. The highest BCUT2D eigenvalue weighted by Gasteiger charge is 2.65. The van der Waals surface area contributed by atoms with Gasteiger partial charge in [0.05, 0.1) is 29.1 Å². The van der Waals surface area contributed by atoms with E-state index < -0.39 is 79.8 Å². The van der Waals surface area contributed by atoms with Crippen LogP contribution in [0.3, 0.4) is 0 Å². The number of carbonyl (C=O) groups is 4. The summed E-state index contributed by atoms with van der Waals surface area (Å²) in [5, 5.41) is 14.4. The van der Waals surface area contributed by atoms with E-state index in [0.29, 0.717) is 62.9 Å². The van der Waals surface area contributed by atoms with Crippen LogP contribution in [0.2, 0.25) is 0 Å². The number of sulfonamides is 1. The van der Waals surface area contributed by atoms with Gasteiger partial charge in [-0.1, -0.05) is 38.8 Å². The number of methoxy groups -OCH3 is 1. The van der Waals surface area contributed by atoms with Gasteiger partial charge in [-0.3, -0.25) is 24.0 Å². The van der Waals surface area contributed by atoms with Gasteiger partial charge in [0.2, 0.25) is 21.8 Å². The van der Waals surface area contributed by atoms with Crippen LogP contribution < -0.4 is 19.5 Å². The molecule has 3 fully saturated rings. The molecule has 3 N–H and O–H groups in total. The Morgan fingerprint density at radius 2 is 1.91 bits per heavy atom. The van der Waals surface area contributed by atoms with Crippen LogP contribution in [-0.4, -0.2) is 99.3 Å². The average Bonchev–Trinajstić information content (AvgIpc) is 4.09. The highest BCUT2D eigenvalue weighted by atomic mass is 32.2. The molecule has 1 saturated heterocycles. The van der Waals surface area contributed by atoms with Crippen molar-refractivity contribution >= 4 is 44.7 Å². The number of hydrogen-bond acceptors (Lipinski definition) is 9. The molecular weight excluding hydrogens is 751 g/mol. The SMILES string of the molecule is CCc1nc2ccc(OC)cc2c2c1O[C@]1(CC2)C[C@H]2C(=O)N[C@]3(C(=O)NS(=O)(=O)C4(C)CC4)C[C@H]3/C=C\CCCCC[C@H](N(C(=O)O)C(C)CC)C(=O)N2C1C. The van der Waals surface area contributed by atoms with E-state index in [-0.39, 0.29) is 19.3 Å². The lowest BCUT2D eigenvalue weighted by Gasteiger charge is -2.42. The highest BCUT2D eigenvalue weighted by molar-refractivity contribution is 7.91. The van der Waals surface area contributed by atoms with Crippen molar-refractivity contribution in [2.24, 2.45) is 5.92 Å². The van der Waals surface area contributed by atoms with Crippen LogP contribution in [0.5, 0.6) is 11.5 Å². The van der Waals surface area contributed by atoms with E-state index in [9.17, 15) is 27.9 Å². The van der Waals surface area contributed by atoms with E-state index >= 15 is 4.79 Å². The van der Waals surface area contributed by atoms with Gasteiger partial charge in [0.1, 0.15) is 34.7 Å². The second-order valence-electron chi connectivity index (χ2n) is 17.1. The molecule has 4 amide bonds. The smallest absolute Gasteiger partial charge is 0.408 e. The van der Waals surface area contributed by atoms with E-state index in [4.69, 9.17) is 14.5 Å². The first kappa shape index (κ1) is 40.8. The van der Waals surface area contributed by atoms with Crippen LogP contribution >= 0.6 is 0 Å². The number of allylic oxidation sites excluding steroid dienone is 1. The number of pyridine rings is 1. The molecule has 14 nitrogen and oxygen atoms in total. The topological polar surface area (TPSA) is 185 Å². The molecule has 1 aromatic heterocycles. The summed E-state index contributed by atoms with van der Waals surface area (Å²) in [5.41, 5.74) is -0.0845. The largest absolute Gasteiger partial charge is 0.497 e. The van der Waals surface area contributed by atoms with Gasteiger partial charge >= 0.3 is 6.09 Å². The minimum Gasteiger partial charge on any atom is -0.497 e. The summed E-state index contributed by atoms with van der Waals surface area (Å²) in [4.78, 5) is 64.8. The lowest BCUT2D eigenvalue weighted by Crippen LogP contribution is -2.61. The molecule has 1 aromatic carbocycles. The maximum atomic E-state index is 15.2. The molecule has 15 heteroatoms. The van der Waals surface area contributed by atoms with Crippen LogP contribution in [0.25, 0.3) is 10.9 Å². The number of carbonyl (C=O) groups excluding carboxylic acids is 3. The fraction of sp³-hybridized carbons (Fsp3) is 0.643. The normalized spacial score (nSPS) is 30.7. The van der Waals surface area contributed by atoms with E-state index in [2.05, 4.69) is 10.0 Å². The first-order valence-corrected chi connectivity index (χ1v) is 22.1. The third-order valence-corrected chi connectivity index (χ3v) is 15.7.